The lowest BCUT2D eigenvalue weighted by Crippen LogP contribution is -2.49. The quantitative estimate of drug-likeness (QED) is 0.858. The van der Waals surface area contributed by atoms with Gasteiger partial charge in [0.15, 0.2) is 0 Å². The van der Waals surface area contributed by atoms with Crippen molar-refractivity contribution in [2.75, 3.05) is 11.9 Å². The molecule has 94 valence electrons. The summed E-state index contributed by atoms with van der Waals surface area (Å²) in [6, 6.07) is 5.17. The summed E-state index contributed by atoms with van der Waals surface area (Å²) >= 11 is 0. The van der Waals surface area contributed by atoms with Crippen molar-refractivity contribution in [2.24, 2.45) is 11.1 Å². The predicted molar refractivity (Wildman–Crippen MR) is 67.2 cm³/mol. The van der Waals surface area contributed by atoms with Crippen LogP contribution in [0.25, 0.3) is 0 Å². The zero-order valence-electron chi connectivity index (χ0n) is 10.7. The molecule has 1 aromatic carbocycles. The van der Waals surface area contributed by atoms with Crippen molar-refractivity contribution in [3.63, 3.8) is 0 Å². The van der Waals surface area contributed by atoms with Crippen molar-refractivity contribution in [3.05, 3.63) is 30.1 Å². The summed E-state index contributed by atoms with van der Waals surface area (Å²) in [4.78, 5) is 13.5. The van der Waals surface area contributed by atoms with Crippen molar-refractivity contribution in [1.82, 2.24) is 0 Å². The number of nitrogens with zero attached hydrogens (tertiary/aromatic N) is 1. The third-order valence-corrected chi connectivity index (χ3v) is 2.74. The number of rotatable bonds is 2. The van der Waals surface area contributed by atoms with E-state index in [1.165, 1.54) is 17.0 Å². The molecule has 3 nitrogen and oxygen atoms in total. The van der Waals surface area contributed by atoms with Crippen LogP contribution in [0.15, 0.2) is 24.3 Å². The Labute approximate surface area is 101 Å². The predicted octanol–water partition coefficient (Wildman–Crippen LogP) is 2.16. The van der Waals surface area contributed by atoms with Crippen molar-refractivity contribution in [1.29, 1.82) is 0 Å². The minimum absolute atomic E-state index is 0.177. The fourth-order valence-corrected chi connectivity index (χ4v) is 1.37. The maximum Gasteiger partial charge on any atom is 0.244 e. The molecule has 0 bridgehead atoms. The van der Waals surface area contributed by atoms with E-state index in [0.717, 1.165) is 0 Å². The van der Waals surface area contributed by atoms with Crippen molar-refractivity contribution >= 4 is 11.6 Å². The summed E-state index contributed by atoms with van der Waals surface area (Å²) in [6.07, 6.45) is 0. The number of carbonyl (C=O) groups excluding carboxylic acids is 1. The molecule has 17 heavy (non-hydrogen) atoms. The van der Waals surface area contributed by atoms with Crippen LogP contribution < -0.4 is 10.6 Å². The monoisotopic (exact) mass is 238 g/mol. The van der Waals surface area contributed by atoms with E-state index in [2.05, 4.69) is 0 Å². The molecule has 0 aliphatic rings. The lowest BCUT2D eigenvalue weighted by atomic mass is 9.86. The molecular weight excluding hydrogens is 219 g/mol. The molecule has 0 unspecified atom stereocenters. The fraction of sp³-hybridized carbons (Fsp3) is 0.462. The highest BCUT2D eigenvalue weighted by Gasteiger charge is 2.30. The highest BCUT2D eigenvalue weighted by atomic mass is 19.1. The summed E-state index contributed by atoms with van der Waals surface area (Å²) in [5, 5.41) is 0. The van der Waals surface area contributed by atoms with Gasteiger partial charge in [0.25, 0.3) is 0 Å². The second-order valence-corrected chi connectivity index (χ2v) is 5.22. The van der Waals surface area contributed by atoms with Crippen LogP contribution >= 0.6 is 0 Å². The minimum atomic E-state index is -0.586. The highest BCUT2D eigenvalue weighted by molar-refractivity contribution is 5.97. The zero-order chi connectivity index (χ0) is 13.2. The molecule has 0 saturated carbocycles. The van der Waals surface area contributed by atoms with Crippen LogP contribution in [-0.4, -0.2) is 19.0 Å². The van der Waals surface area contributed by atoms with E-state index < -0.39 is 6.04 Å². The molecule has 0 heterocycles. The smallest absolute Gasteiger partial charge is 0.244 e. The number of likely N-dealkylation sites (N-methyl/N-ethyl adjacent to an activating group) is 1. The summed E-state index contributed by atoms with van der Waals surface area (Å²) in [7, 11) is 1.64. The van der Waals surface area contributed by atoms with Gasteiger partial charge in [0.05, 0.1) is 6.04 Å². The topological polar surface area (TPSA) is 46.3 Å². The second kappa shape index (κ2) is 4.84. The van der Waals surface area contributed by atoms with E-state index in [-0.39, 0.29) is 17.1 Å². The third-order valence-electron chi connectivity index (χ3n) is 2.74. The Morgan fingerprint density at radius 2 is 1.76 bits per heavy atom. The van der Waals surface area contributed by atoms with Crippen LogP contribution in [0.3, 0.4) is 0 Å². The Morgan fingerprint density at radius 3 is 2.18 bits per heavy atom. The van der Waals surface area contributed by atoms with Gasteiger partial charge in [0.2, 0.25) is 5.91 Å². The maximum atomic E-state index is 12.8. The molecule has 0 radical (unpaired) electrons. The van der Waals surface area contributed by atoms with Gasteiger partial charge in [-0.2, -0.15) is 0 Å². The average molecular weight is 238 g/mol. The number of amides is 1. The number of hydrogen-bond acceptors (Lipinski definition) is 2. The Kier molecular flexibility index (Phi) is 3.88. The first-order valence-corrected chi connectivity index (χ1v) is 5.52. The largest absolute Gasteiger partial charge is 0.319 e. The molecule has 1 amide bonds. The molecule has 0 saturated heterocycles. The first-order valence-electron chi connectivity index (χ1n) is 5.52. The van der Waals surface area contributed by atoms with Gasteiger partial charge >= 0.3 is 0 Å². The van der Waals surface area contributed by atoms with Crippen molar-refractivity contribution in [3.8, 4) is 0 Å². The molecular formula is C13H19FN2O. The van der Waals surface area contributed by atoms with Gasteiger partial charge in [0, 0.05) is 12.7 Å². The van der Waals surface area contributed by atoms with E-state index in [1.54, 1.807) is 19.2 Å². The van der Waals surface area contributed by atoms with Gasteiger partial charge in [-0.1, -0.05) is 20.8 Å². The fourth-order valence-electron chi connectivity index (χ4n) is 1.37. The number of anilines is 1. The lowest BCUT2D eigenvalue weighted by molar-refractivity contribution is -0.121. The maximum absolute atomic E-state index is 12.8. The van der Waals surface area contributed by atoms with Gasteiger partial charge < -0.3 is 10.6 Å². The number of carbonyl (C=O) groups is 1. The molecule has 0 aromatic heterocycles. The van der Waals surface area contributed by atoms with Crippen LogP contribution in [0.1, 0.15) is 20.8 Å². The van der Waals surface area contributed by atoms with Crippen molar-refractivity contribution < 1.29 is 9.18 Å². The lowest BCUT2D eigenvalue weighted by Gasteiger charge is -2.30. The number of hydrogen-bond donors (Lipinski definition) is 1. The van der Waals surface area contributed by atoms with E-state index in [9.17, 15) is 9.18 Å². The SMILES string of the molecule is CN(C(=O)[C@@H](N)C(C)(C)C)c1ccc(F)cc1. The molecule has 4 heteroatoms. The second-order valence-electron chi connectivity index (χ2n) is 5.22. The minimum Gasteiger partial charge on any atom is -0.319 e. The normalized spacial score (nSPS) is 13.3. The summed E-state index contributed by atoms with van der Waals surface area (Å²) in [5.74, 6) is -0.501. The molecule has 1 rings (SSSR count). The molecule has 1 atom stereocenters. The Morgan fingerprint density at radius 1 is 1.29 bits per heavy atom. The number of nitrogens with two attached hydrogens (primary N) is 1. The number of benzene rings is 1. The Balaban J connectivity index is 2.87. The standard InChI is InChI=1S/C13H19FN2O/c1-13(2,3)11(15)12(17)16(4)10-7-5-9(14)6-8-10/h5-8,11H,15H2,1-4H3/t11-/m1/s1. The Hall–Kier alpha value is -1.42. The molecule has 2 N–H and O–H groups in total. The van der Waals surface area contributed by atoms with E-state index in [0.29, 0.717) is 5.69 Å². The first kappa shape index (κ1) is 13.6. The van der Waals surface area contributed by atoms with E-state index >= 15 is 0 Å². The Bertz CT molecular complexity index is 395. The molecule has 0 aliphatic heterocycles. The molecule has 1 aromatic rings. The molecule has 0 spiro atoms. The van der Waals surface area contributed by atoms with Gasteiger partial charge in [-0.25, -0.2) is 4.39 Å². The van der Waals surface area contributed by atoms with Crippen LogP contribution in [-0.2, 0) is 4.79 Å². The van der Waals surface area contributed by atoms with Gasteiger partial charge in [-0.15, -0.1) is 0 Å². The number of halogens is 1. The zero-order valence-corrected chi connectivity index (χ0v) is 10.7. The van der Waals surface area contributed by atoms with Crippen LogP contribution in [0.5, 0.6) is 0 Å². The highest BCUT2D eigenvalue weighted by Crippen LogP contribution is 2.21. The summed E-state index contributed by atoms with van der Waals surface area (Å²) in [6.45, 7) is 5.73. The van der Waals surface area contributed by atoms with Gasteiger partial charge in [0.1, 0.15) is 5.82 Å². The molecule has 0 aliphatic carbocycles. The van der Waals surface area contributed by atoms with Gasteiger partial charge in [-0.05, 0) is 29.7 Å². The average Bonchev–Trinajstić information content (AvgIpc) is 2.26. The van der Waals surface area contributed by atoms with E-state index in [4.69, 9.17) is 5.73 Å². The molecule has 0 fully saturated rings. The third kappa shape index (κ3) is 3.27. The summed E-state index contributed by atoms with van der Waals surface area (Å²) < 4.78 is 12.8. The summed E-state index contributed by atoms with van der Waals surface area (Å²) in [5.41, 5.74) is 6.23. The first-order chi connectivity index (χ1) is 7.73. The van der Waals surface area contributed by atoms with Crippen LogP contribution in [0, 0.1) is 11.2 Å². The van der Waals surface area contributed by atoms with Crippen LogP contribution in [0.2, 0.25) is 0 Å². The van der Waals surface area contributed by atoms with Crippen molar-refractivity contribution in [2.45, 2.75) is 26.8 Å². The van der Waals surface area contributed by atoms with Gasteiger partial charge in [-0.3, -0.25) is 4.79 Å². The van der Waals surface area contributed by atoms with Crippen LogP contribution in [0.4, 0.5) is 10.1 Å². The van der Waals surface area contributed by atoms with E-state index in [1.807, 2.05) is 20.8 Å².